The summed E-state index contributed by atoms with van der Waals surface area (Å²) in [5.41, 5.74) is 8.56. The molecule has 0 radical (unpaired) electrons. The highest BCUT2D eigenvalue weighted by Gasteiger charge is 2.27. The maximum absolute atomic E-state index is 13.6. The Morgan fingerprint density at radius 1 is 1.03 bits per heavy atom. The van der Waals surface area contributed by atoms with E-state index < -0.39 is 0 Å². The smallest absolute Gasteiger partial charge is 0.251 e. The molecule has 0 saturated heterocycles. The monoisotopic (exact) mass is 482 g/mol. The van der Waals surface area contributed by atoms with Gasteiger partial charge in [0.15, 0.2) is 0 Å². The van der Waals surface area contributed by atoms with E-state index in [4.69, 9.17) is 4.74 Å². The number of carbonyl (C=O) groups is 1. The van der Waals surface area contributed by atoms with Crippen LogP contribution < -0.4 is 10.6 Å². The highest BCUT2D eigenvalue weighted by molar-refractivity contribution is 6.28. The maximum atomic E-state index is 13.6. The Bertz CT molecular complexity index is 1350. The molecule has 0 aromatic heterocycles. The average molecular weight is 483 g/mol. The number of allylic oxidation sites excluding steroid dienone is 1. The lowest BCUT2D eigenvalue weighted by Crippen LogP contribution is -2.23. The van der Waals surface area contributed by atoms with E-state index in [9.17, 15) is 9.18 Å². The Labute approximate surface area is 211 Å². The fourth-order valence-electron chi connectivity index (χ4n) is 4.89. The number of anilines is 1. The molecule has 2 aliphatic rings. The Hall–Kier alpha value is -3.86. The van der Waals surface area contributed by atoms with Crippen molar-refractivity contribution in [3.63, 3.8) is 0 Å². The zero-order chi connectivity index (χ0) is 25.2. The predicted octanol–water partition coefficient (Wildman–Crippen LogP) is 6.53. The average Bonchev–Trinajstić information content (AvgIpc) is 3.75. The van der Waals surface area contributed by atoms with Gasteiger partial charge in [-0.05, 0) is 89.8 Å². The maximum Gasteiger partial charge on any atom is 0.251 e. The molecule has 1 amide bonds. The van der Waals surface area contributed by atoms with Crippen molar-refractivity contribution in [2.75, 3.05) is 26.0 Å². The molecule has 2 aliphatic carbocycles. The molecule has 0 aliphatic heterocycles. The molecule has 3 aromatic carbocycles. The Morgan fingerprint density at radius 3 is 2.50 bits per heavy atom. The van der Waals surface area contributed by atoms with Crippen molar-refractivity contribution in [1.29, 1.82) is 0 Å². The molecule has 0 atom stereocenters. The number of nitrogens with one attached hydrogen (secondary N) is 2. The third-order valence-electron chi connectivity index (χ3n) is 7.13. The second-order valence-electron chi connectivity index (χ2n) is 9.53. The van der Waals surface area contributed by atoms with Crippen LogP contribution in [0, 0.1) is 11.7 Å². The Morgan fingerprint density at radius 2 is 1.81 bits per heavy atom. The lowest BCUT2D eigenvalue weighted by Gasteiger charge is -2.26. The second-order valence-corrected chi connectivity index (χ2v) is 9.53. The Balaban J connectivity index is 1.68. The normalized spacial score (nSPS) is 14.8. The van der Waals surface area contributed by atoms with Crippen molar-refractivity contribution < 1.29 is 13.9 Å². The molecule has 5 heteroatoms. The summed E-state index contributed by atoms with van der Waals surface area (Å²) in [6, 6.07) is 18.9. The molecular formula is C31H31FN2O2. The summed E-state index contributed by atoms with van der Waals surface area (Å²) in [5, 5.41) is 6.51. The van der Waals surface area contributed by atoms with Gasteiger partial charge in [0.2, 0.25) is 0 Å². The standard InChI is InChI=1S/C31H31FN2O2/c1-19(36-3)22-5-4-6-23(15-22)27-17-28-24(16-29(27)34-18-20-7-8-20)11-14-26(30(28)31(35)33-2)21-9-12-25(32)13-10-21/h4-6,9-10,12-13,15-17,20,34H,1,7-8,11,14,18H2,2-3H3,(H,33,35). The molecule has 5 rings (SSSR count). The summed E-state index contributed by atoms with van der Waals surface area (Å²) in [4.78, 5) is 13.2. The van der Waals surface area contributed by atoms with E-state index in [2.05, 4.69) is 41.5 Å². The van der Waals surface area contributed by atoms with Gasteiger partial charge >= 0.3 is 0 Å². The van der Waals surface area contributed by atoms with Gasteiger partial charge in [0.25, 0.3) is 5.91 Å². The van der Waals surface area contributed by atoms with Gasteiger partial charge in [0, 0.05) is 30.4 Å². The van der Waals surface area contributed by atoms with Crippen molar-refractivity contribution >= 4 is 28.5 Å². The number of fused-ring (bicyclic) bond motifs is 1. The van der Waals surface area contributed by atoms with E-state index in [1.54, 1.807) is 26.3 Å². The van der Waals surface area contributed by atoms with Crippen LogP contribution in [0.3, 0.4) is 0 Å². The number of amides is 1. The molecule has 4 nitrogen and oxygen atoms in total. The number of aryl methyl sites for hydroxylation is 1. The zero-order valence-corrected chi connectivity index (χ0v) is 20.8. The molecule has 0 spiro atoms. The summed E-state index contributed by atoms with van der Waals surface area (Å²) in [7, 11) is 3.27. The van der Waals surface area contributed by atoms with Crippen LogP contribution >= 0.6 is 0 Å². The molecule has 0 unspecified atom stereocenters. The first-order valence-corrected chi connectivity index (χ1v) is 12.4. The van der Waals surface area contributed by atoms with Gasteiger partial charge in [-0.25, -0.2) is 4.39 Å². The molecule has 2 N–H and O–H groups in total. The van der Waals surface area contributed by atoms with Crippen LogP contribution in [0.5, 0.6) is 0 Å². The number of rotatable bonds is 8. The highest BCUT2D eigenvalue weighted by Crippen LogP contribution is 2.42. The molecule has 184 valence electrons. The molecule has 0 bridgehead atoms. The van der Waals surface area contributed by atoms with Gasteiger partial charge < -0.3 is 15.4 Å². The minimum absolute atomic E-state index is 0.138. The van der Waals surface area contributed by atoms with Crippen molar-refractivity contribution in [3.05, 3.63) is 95.3 Å². The van der Waals surface area contributed by atoms with Crippen LogP contribution in [0.25, 0.3) is 28.0 Å². The van der Waals surface area contributed by atoms with Crippen LogP contribution in [0.4, 0.5) is 10.1 Å². The van der Waals surface area contributed by atoms with Crippen molar-refractivity contribution in [2.24, 2.45) is 5.92 Å². The van der Waals surface area contributed by atoms with Crippen molar-refractivity contribution in [1.82, 2.24) is 5.32 Å². The predicted molar refractivity (Wildman–Crippen MR) is 145 cm³/mol. The minimum atomic E-state index is -0.289. The van der Waals surface area contributed by atoms with E-state index in [0.29, 0.717) is 17.8 Å². The Kier molecular flexibility index (Phi) is 6.64. The van der Waals surface area contributed by atoms with Gasteiger partial charge in [-0.15, -0.1) is 0 Å². The first kappa shape index (κ1) is 23.9. The molecule has 36 heavy (non-hydrogen) atoms. The third-order valence-corrected chi connectivity index (χ3v) is 7.13. The number of ether oxygens (including phenoxy) is 1. The van der Waals surface area contributed by atoms with E-state index in [-0.39, 0.29) is 11.7 Å². The third kappa shape index (κ3) is 4.78. The fraction of sp³-hybridized carbons (Fsp3) is 0.258. The highest BCUT2D eigenvalue weighted by atomic mass is 19.1. The number of carbonyl (C=O) groups excluding carboxylic acids is 1. The van der Waals surface area contributed by atoms with Gasteiger partial charge in [-0.3, -0.25) is 4.79 Å². The summed E-state index contributed by atoms with van der Waals surface area (Å²) in [6.45, 7) is 4.95. The number of hydrogen-bond acceptors (Lipinski definition) is 3. The number of hydrogen-bond donors (Lipinski definition) is 2. The van der Waals surface area contributed by atoms with Crippen LogP contribution in [0.2, 0.25) is 0 Å². The second kappa shape index (κ2) is 10.0. The van der Waals surface area contributed by atoms with Gasteiger partial charge in [-0.1, -0.05) is 36.9 Å². The largest absolute Gasteiger partial charge is 0.497 e. The first-order valence-electron chi connectivity index (χ1n) is 12.4. The molecule has 0 heterocycles. The molecule has 3 aromatic rings. The van der Waals surface area contributed by atoms with Crippen molar-refractivity contribution in [2.45, 2.75) is 25.7 Å². The van der Waals surface area contributed by atoms with Gasteiger partial charge in [-0.2, -0.15) is 0 Å². The van der Waals surface area contributed by atoms with Gasteiger partial charge in [0.05, 0.1) is 12.7 Å². The summed E-state index contributed by atoms with van der Waals surface area (Å²) >= 11 is 0. The summed E-state index contributed by atoms with van der Waals surface area (Å²) in [5.74, 6) is 0.899. The first-order chi connectivity index (χ1) is 17.5. The van der Waals surface area contributed by atoms with Crippen molar-refractivity contribution in [3.8, 4) is 11.1 Å². The number of benzene rings is 3. The number of halogens is 1. The van der Waals surface area contributed by atoms with E-state index in [0.717, 1.165) is 63.5 Å². The lowest BCUT2D eigenvalue weighted by molar-refractivity contribution is -0.115. The van der Waals surface area contributed by atoms with Crippen LogP contribution in [0.15, 0.2) is 67.2 Å². The molecule has 1 saturated carbocycles. The SMILES string of the molecule is C=C(OC)c1cccc(-c2cc3c(cc2NCC2CC2)CCC(c2ccc(F)cc2)=C3C(=O)NC)c1. The van der Waals surface area contributed by atoms with Crippen LogP contribution in [-0.4, -0.2) is 26.6 Å². The summed E-state index contributed by atoms with van der Waals surface area (Å²) in [6.07, 6.45) is 4.05. The van der Waals surface area contributed by atoms with Gasteiger partial charge in [0.1, 0.15) is 11.6 Å². The molecule has 1 fully saturated rings. The fourth-order valence-corrected chi connectivity index (χ4v) is 4.89. The number of methoxy groups -OCH3 is 1. The topological polar surface area (TPSA) is 50.4 Å². The minimum Gasteiger partial charge on any atom is -0.497 e. The van der Waals surface area contributed by atoms with E-state index >= 15 is 0 Å². The van der Waals surface area contributed by atoms with Crippen LogP contribution in [-0.2, 0) is 16.0 Å². The van der Waals surface area contributed by atoms with E-state index in [1.165, 1.54) is 25.0 Å². The zero-order valence-electron chi connectivity index (χ0n) is 20.8. The lowest BCUT2D eigenvalue weighted by atomic mass is 9.80. The molecular weight excluding hydrogens is 451 g/mol. The number of likely N-dealkylation sites (N-methyl/N-ethyl adjacent to an activating group) is 1. The summed E-state index contributed by atoms with van der Waals surface area (Å²) < 4.78 is 19.0. The van der Waals surface area contributed by atoms with Crippen LogP contribution in [0.1, 0.15) is 41.5 Å². The quantitative estimate of drug-likeness (QED) is 0.359. The van der Waals surface area contributed by atoms with E-state index in [1.807, 2.05) is 12.1 Å².